The molecule has 0 bridgehead atoms. The monoisotopic (exact) mass is 324 g/mol. The highest BCUT2D eigenvalue weighted by Crippen LogP contribution is 2.35. The first-order valence-electron chi connectivity index (χ1n) is 6.52. The molecule has 0 aliphatic carbocycles. The third-order valence-corrected chi connectivity index (χ3v) is 4.87. The molecular weight excluding hydrogens is 305 g/mol. The lowest BCUT2D eigenvalue weighted by Crippen LogP contribution is -2.36. The summed E-state index contributed by atoms with van der Waals surface area (Å²) in [4.78, 5) is 3.72. The van der Waals surface area contributed by atoms with Gasteiger partial charge in [0.15, 0.2) is 9.84 Å². The highest BCUT2D eigenvalue weighted by molar-refractivity contribution is 7.91. The van der Waals surface area contributed by atoms with Crippen molar-refractivity contribution in [2.45, 2.75) is 37.7 Å². The molecule has 0 saturated carbocycles. The van der Waals surface area contributed by atoms with Gasteiger partial charge in [-0.3, -0.25) is 4.98 Å². The van der Waals surface area contributed by atoms with Gasteiger partial charge in [-0.25, -0.2) is 8.42 Å². The van der Waals surface area contributed by atoms with Crippen molar-refractivity contribution in [2.75, 3.05) is 12.8 Å². The predicted molar refractivity (Wildman–Crippen MR) is 74.6 cm³/mol. The predicted octanol–water partition coefficient (Wildman–Crippen LogP) is 2.57. The van der Waals surface area contributed by atoms with Gasteiger partial charge in [-0.2, -0.15) is 13.2 Å². The van der Waals surface area contributed by atoms with Gasteiger partial charge in [0.1, 0.15) is 0 Å². The van der Waals surface area contributed by atoms with Crippen LogP contribution in [0.25, 0.3) is 0 Å². The summed E-state index contributed by atoms with van der Waals surface area (Å²) in [7, 11) is -3.50. The Morgan fingerprint density at radius 3 is 2.48 bits per heavy atom. The van der Waals surface area contributed by atoms with Crippen LogP contribution < -0.4 is 5.32 Å². The Kier molecular flexibility index (Phi) is 5.75. The van der Waals surface area contributed by atoms with Gasteiger partial charge in [0, 0.05) is 24.2 Å². The maximum atomic E-state index is 13.1. The molecule has 0 aliphatic rings. The molecule has 0 aromatic carbocycles. The van der Waals surface area contributed by atoms with Gasteiger partial charge < -0.3 is 5.32 Å². The molecular formula is C13H19F3N2O2S. The molecule has 0 saturated heterocycles. The Bertz CT molecular complexity index is 573. The standard InChI is InChI=1S/C13H19F3N2O2S/c1-4-6-18-12(9(2)21(3,19)20)10-8-17-7-5-11(10)13(14,15)16/h5,7-9,12,18H,4,6H2,1-3H3. The number of alkyl halides is 3. The molecule has 1 aromatic heterocycles. The summed E-state index contributed by atoms with van der Waals surface area (Å²) in [6.45, 7) is 3.66. The van der Waals surface area contributed by atoms with E-state index < -0.39 is 32.9 Å². The zero-order chi connectivity index (χ0) is 16.3. The number of rotatable bonds is 6. The molecule has 0 aliphatic heterocycles. The van der Waals surface area contributed by atoms with E-state index in [0.29, 0.717) is 13.0 Å². The summed E-state index contributed by atoms with van der Waals surface area (Å²) >= 11 is 0. The lowest BCUT2D eigenvalue weighted by Gasteiger charge is -2.26. The normalized spacial score (nSPS) is 15.7. The maximum absolute atomic E-state index is 13.1. The summed E-state index contributed by atoms with van der Waals surface area (Å²) in [5.41, 5.74) is -1.00. The van der Waals surface area contributed by atoms with Crippen molar-refractivity contribution in [1.29, 1.82) is 0 Å². The van der Waals surface area contributed by atoms with Crippen molar-refractivity contribution in [3.05, 3.63) is 29.6 Å². The minimum atomic E-state index is -4.55. The van der Waals surface area contributed by atoms with Crippen molar-refractivity contribution in [3.8, 4) is 0 Å². The number of nitrogens with one attached hydrogen (secondary N) is 1. The first-order valence-corrected chi connectivity index (χ1v) is 8.47. The zero-order valence-corrected chi connectivity index (χ0v) is 12.9. The number of hydrogen-bond acceptors (Lipinski definition) is 4. The van der Waals surface area contributed by atoms with E-state index >= 15 is 0 Å². The quantitative estimate of drug-likeness (QED) is 0.874. The van der Waals surface area contributed by atoms with E-state index in [4.69, 9.17) is 0 Å². The number of aromatic nitrogens is 1. The lowest BCUT2D eigenvalue weighted by molar-refractivity contribution is -0.138. The van der Waals surface area contributed by atoms with Crippen molar-refractivity contribution < 1.29 is 21.6 Å². The van der Waals surface area contributed by atoms with Crippen LogP contribution in [0.15, 0.2) is 18.5 Å². The van der Waals surface area contributed by atoms with Gasteiger partial charge in [0.2, 0.25) is 0 Å². The van der Waals surface area contributed by atoms with Gasteiger partial charge in [-0.05, 0) is 26.0 Å². The maximum Gasteiger partial charge on any atom is 0.416 e. The van der Waals surface area contributed by atoms with Gasteiger partial charge in [0.05, 0.1) is 16.9 Å². The Morgan fingerprint density at radius 2 is 2.00 bits per heavy atom. The van der Waals surface area contributed by atoms with Crippen LogP contribution in [0.2, 0.25) is 0 Å². The Balaban J connectivity index is 3.34. The van der Waals surface area contributed by atoms with Gasteiger partial charge in [-0.1, -0.05) is 6.92 Å². The van der Waals surface area contributed by atoms with Crippen LogP contribution >= 0.6 is 0 Å². The van der Waals surface area contributed by atoms with Crippen LogP contribution in [0, 0.1) is 0 Å². The minimum Gasteiger partial charge on any atom is -0.309 e. The summed E-state index contributed by atoms with van der Waals surface area (Å²) in [6, 6.07) is -0.0874. The van der Waals surface area contributed by atoms with E-state index in [0.717, 1.165) is 24.7 Å². The second kappa shape index (κ2) is 6.74. The van der Waals surface area contributed by atoms with E-state index in [9.17, 15) is 21.6 Å². The van der Waals surface area contributed by atoms with Crippen LogP contribution in [0.1, 0.15) is 37.4 Å². The number of nitrogens with zero attached hydrogens (tertiary/aromatic N) is 1. The number of halogens is 3. The largest absolute Gasteiger partial charge is 0.416 e. The highest BCUT2D eigenvalue weighted by Gasteiger charge is 2.38. The Hall–Kier alpha value is -1.15. The molecule has 8 heteroatoms. The van der Waals surface area contributed by atoms with Crippen LogP contribution in [0.5, 0.6) is 0 Å². The second-order valence-corrected chi connectivity index (χ2v) is 7.33. The second-order valence-electron chi connectivity index (χ2n) is 4.93. The van der Waals surface area contributed by atoms with Crippen LogP contribution in [0.3, 0.4) is 0 Å². The van der Waals surface area contributed by atoms with Crippen LogP contribution in [0.4, 0.5) is 13.2 Å². The molecule has 1 N–H and O–H groups in total. The summed E-state index contributed by atoms with van der Waals surface area (Å²) in [5.74, 6) is 0. The van der Waals surface area contributed by atoms with Gasteiger partial charge in [-0.15, -0.1) is 0 Å². The van der Waals surface area contributed by atoms with Gasteiger partial charge in [0.25, 0.3) is 0 Å². The average Bonchev–Trinajstić information content (AvgIpc) is 2.37. The summed E-state index contributed by atoms with van der Waals surface area (Å²) < 4.78 is 62.7. The van der Waals surface area contributed by atoms with Gasteiger partial charge >= 0.3 is 6.18 Å². The van der Waals surface area contributed by atoms with Crippen molar-refractivity contribution in [1.82, 2.24) is 10.3 Å². The summed E-state index contributed by atoms with van der Waals surface area (Å²) in [5, 5.41) is 1.89. The smallest absolute Gasteiger partial charge is 0.309 e. The van der Waals surface area contributed by atoms with Crippen LogP contribution in [-0.2, 0) is 16.0 Å². The van der Waals surface area contributed by atoms with E-state index in [1.807, 2.05) is 6.92 Å². The first kappa shape index (κ1) is 17.9. The van der Waals surface area contributed by atoms with E-state index in [1.165, 1.54) is 6.92 Å². The minimum absolute atomic E-state index is 0.142. The van der Waals surface area contributed by atoms with E-state index in [2.05, 4.69) is 10.3 Å². The third-order valence-electron chi connectivity index (χ3n) is 3.25. The molecule has 120 valence electrons. The zero-order valence-electron chi connectivity index (χ0n) is 12.1. The molecule has 4 nitrogen and oxygen atoms in total. The topological polar surface area (TPSA) is 59.1 Å². The first-order chi connectivity index (χ1) is 9.59. The number of pyridine rings is 1. The molecule has 1 heterocycles. The lowest BCUT2D eigenvalue weighted by atomic mass is 10.00. The molecule has 21 heavy (non-hydrogen) atoms. The third kappa shape index (κ3) is 4.67. The highest BCUT2D eigenvalue weighted by atomic mass is 32.2. The van der Waals surface area contributed by atoms with Crippen LogP contribution in [-0.4, -0.2) is 31.5 Å². The van der Waals surface area contributed by atoms with Crippen molar-refractivity contribution in [3.63, 3.8) is 0 Å². The van der Waals surface area contributed by atoms with E-state index in [-0.39, 0.29) is 5.56 Å². The fraction of sp³-hybridized carbons (Fsp3) is 0.615. The molecule has 0 fully saturated rings. The average molecular weight is 324 g/mol. The molecule has 0 radical (unpaired) electrons. The summed E-state index contributed by atoms with van der Waals surface area (Å²) in [6.07, 6.45) is -0.732. The van der Waals surface area contributed by atoms with E-state index in [1.54, 1.807) is 0 Å². The molecule has 1 aromatic rings. The molecule has 1 rings (SSSR count). The van der Waals surface area contributed by atoms with Crippen molar-refractivity contribution in [2.24, 2.45) is 0 Å². The molecule has 2 atom stereocenters. The fourth-order valence-corrected chi connectivity index (χ4v) is 2.73. The Labute approximate surface area is 122 Å². The Morgan fingerprint density at radius 1 is 1.38 bits per heavy atom. The fourth-order valence-electron chi connectivity index (χ4n) is 1.99. The number of sulfone groups is 1. The van der Waals surface area contributed by atoms with Crippen molar-refractivity contribution >= 4 is 9.84 Å². The molecule has 0 spiro atoms. The molecule has 0 amide bonds. The number of hydrogen-bond donors (Lipinski definition) is 1. The SMILES string of the molecule is CCCNC(c1cnccc1C(F)(F)F)C(C)S(C)(=O)=O. The molecule has 2 unspecified atom stereocenters.